The number of aldehydes is 1. The highest BCUT2D eigenvalue weighted by Gasteiger charge is 2.21. The zero-order chi connectivity index (χ0) is 15.8. The van der Waals surface area contributed by atoms with Crippen molar-refractivity contribution in [3.05, 3.63) is 33.6 Å². The predicted octanol–water partition coefficient (Wildman–Crippen LogP) is 2.27. The van der Waals surface area contributed by atoms with E-state index in [2.05, 4.69) is 0 Å². The van der Waals surface area contributed by atoms with Crippen LogP contribution in [0, 0.1) is 15.9 Å². The Morgan fingerprint density at radius 3 is 2.76 bits per heavy atom. The molecule has 0 fully saturated rings. The van der Waals surface area contributed by atoms with Gasteiger partial charge in [-0.3, -0.25) is 19.7 Å². The van der Waals surface area contributed by atoms with Gasteiger partial charge in [-0.1, -0.05) is 0 Å². The lowest BCUT2D eigenvalue weighted by Gasteiger charge is -2.08. The molecule has 0 saturated heterocycles. The first-order chi connectivity index (χ1) is 10.0. The lowest BCUT2D eigenvalue weighted by atomic mass is 10.1. The van der Waals surface area contributed by atoms with E-state index in [1.54, 1.807) is 6.92 Å². The van der Waals surface area contributed by atoms with E-state index in [1.165, 1.54) is 0 Å². The molecular weight excluding hydrogens is 285 g/mol. The van der Waals surface area contributed by atoms with Crippen LogP contribution in [-0.2, 0) is 9.53 Å². The molecule has 0 aliphatic carbocycles. The van der Waals surface area contributed by atoms with Crippen molar-refractivity contribution in [1.82, 2.24) is 0 Å². The Morgan fingerprint density at radius 1 is 1.48 bits per heavy atom. The molecule has 8 heteroatoms. The number of carbonyl (C=O) groups is 2. The van der Waals surface area contributed by atoms with Crippen LogP contribution in [0.15, 0.2) is 12.1 Å². The number of ether oxygens (including phenoxy) is 2. The number of halogens is 1. The van der Waals surface area contributed by atoms with Gasteiger partial charge in [-0.15, -0.1) is 0 Å². The molecule has 1 rings (SSSR count). The van der Waals surface area contributed by atoms with Crippen LogP contribution in [0.1, 0.15) is 30.1 Å². The van der Waals surface area contributed by atoms with Gasteiger partial charge in [0.2, 0.25) is 0 Å². The standard InChI is InChI=1S/C13H14FNO6/c1-2-20-12(17)4-3-7-21-11-6-5-10(15(18)19)9(8-16)13(11)14/h5-6,8H,2-4,7H2,1H3. The third-order valence-electron chi connectivity index (χ3n) is 2.52. The van der Waals surface area contributed by atoms with E-state index in [0.717, 1.165) is 12.1 Å². The number of hydrogen-bond acceptors (Lipinski definition) is 6. The Bertz CT molecular complexity index is 546. The second-order valence-corrected chi connectivity index (χ2v) is 3.94. The van der Waals surface area contributed by atoms with Gasteiger partial charge < -0.3 is 9.47 Å². The Morgan fingerprint density at radius 2 is 2.19 bits per heavy atom. The summed E-state index contributed by atoms with van der Waals surface area (Å²) < 4.78 is 23.6. The summed E-state index contributed by atoms with van der Waals surface area (Å²) in [5.74, 6) is -1.75. The molecule has 0 amide bonds. The zero-order valence-corrected chi connectivity index (χ0v) is 11.3. The average Bonchev–Trinajstić information content (AvgIpc) is 2.44. The van der Waals surface area contributed by atoms with E-state index in [1.807, 2.05) is 0 Å². The molecule has 0 N–H and O–H groups in total. The quantitative estimate of drug-likeness (QED) is 0.240. The first-order valence-electron chi connectivity index (χ1n) is 6.21. The van der Waals surface area contributed by atoms with Crippen LogP contribution in [0.5, 0.6) is 5.75 Å². The van der Waals surface area contributed by atoms with E-state index in [9.17, 15) is 24.1 Å². The predicted molar refractivity (Wildman–Crippen MR) is 69.8 cm³/mol. The van der Waals surface area contributed by atoms with Gasteiger partial charge >= 0.3 is 5.97 Å². The average molecular weight is 299 g/mol. The fourth-order valence-electron chi connectivity index (χ4n) is 1.58. The molecular formula is C13H14FNO6. The summed E-state index contributed by atoms with van der Waals surface area (Å²) in [7, 11) is 0. The second-order valence-electron chi connectivity index (χ2n) is 3.94. The topological polar surface area (TPSA) is 95.7 Å². The summed E-state index contributed by atoms with van der Waals surface area (Å²) in [6.45, 7) is 1.98. The Hall–Kier alpha value is -2.51. The lowest BCUT2D eigenvalue weighted by Crippen LogP contribution is -2.08. The van der Waals surface area contributed by atoms with Crippen LogP contribution >= 0.6 is 0 Å². The van der Waals surface area contributed by atoms with E-state index in [0.29, 0.717) is 6.42 Å². The highest BCUT2D eigenvalue weighted by atomic mass is 19.1. The first-order valence-corrected chi connectivity index (χ1v) is 6.21. The van der Waals surface area contributed by atoms with E-state index in [-0.39, 0.29) is 37.6 Å². The largest absolute Gasteiger partial charge is 0.490 e. The Labute approximate surface area is 119 Å². The van der Waals surface area contributed by atoms with E-state index < -0.39 is 22.0 Å². The molecule has 1 aromatic carbocycles. The summed E-state index contributed by atoms with van der Waals surface area (Å²) in [5, 5.41) is 10.6. The van der Waals surface area contributed by atoms with Crippen LogP contribution < -0.4 is 4.74 Å². The highest BCUT2D eigenvalue weighted by molar-refractivity contribution is 5.82. The summed E-state index contributed by atoms with van der Waals surface area (Å²) in [6, 6.07) is 2.07. The number of nitrogens with zero attached hydrogens (tertiary/aromatic N) is 1. The third kappa shape index (κ3) is 4.51. The van der Waals surface area contributed by atoms with Gasteiger partial charge in [-0.25, -0.2) is 4.39 Å². The number of hydrogen-bond donors (Lipinski definition) is 0. The SMILES string of the molecule is CCOC(=O)CCCOc1ccc([N+](=O)[O-])c(C=O)c1F. The minimum Gasteiger partial charge on any atom is -0.490 e. The number of rotatable bonds is 8. The zero-order valence-electron chi connectivity index (χ0n) is 11.3. The fourth-order valence-corrected chi connectivity index (χ4v) is 1.58. The van der Waals surface area contributed by atoms with Crippen LogP contribution in [0.2, 0.25) is 0 Å². The lowest BCUT2D eigenvalue weighted by molar-refractivity contribution is -0.385. The van der Waals surface area contributed by atoms with Crippen molar-refractivity contribution < 1.29 is 28.4 Å². The van der Waals surface area contributed by atoms with Crippen molar-refractivity contribution >= 4 is 17.9 Å². The monoisotopic (exact) mass is 299 g/mol. The molecule has 1 aromatic rings. The smallest absolute Gasteiger partial charge is 0.305 e. The van der Waals surface area contributed by atoms with Crippen LogP contribution in [0.3, 0.4) is 0 Å². The molecule has 0 radical (unpaired) electrons. The molecule has 0 aromatic heterocycles. The number of esters is 1. The summed E-state index contributed by atoms with van der Waals surface area (Å²) in [5.41, 5.74) is -1.29. The maximum Gasteiger partial charge on any atom is 0.305 e. The molecule has 0 unspecified atom stereocenters. The molecule has 0 spiro atoms. The van der Waals surface area contributed by atoms with Crippen molar-refractivity contribution in [2.45, 2.75) is 19.8 Å². The molecule has 7 nitrogen and oxygen atoms in total. The first kappa shape index (κ1) is 16.5. The van der Waals surface area contributed by atoms with Gasteiger partial charge in [0.15, 0.2) is 17.9 Å². The molecule has 114 valence electrons. The van der Waals surface area contributed by atoms with Gasteiger partial charge in [-0.2, -0.15) is 0 Å². The van der Waals surface area contributed by atoms with Crippen molar-refractivity contribution in [2.75, 3.05) is 13.2 Å². The molecule has 0 heterocycles. The van der Waals surface area contributed by atoms with Crippen molar-refractivity contribution in [3.8, 4) is 5.75 Å². The van der Waals surface area contributed by atoms with Gasteiger partial charge in [0.05, 0.1) is 18.1 Å². The fraction of sp³-hybridized carbons (Fsp3) is 0.385. The Kier molecular flexibility index (Phi) is 6.25. The Balaban J connectivity index is 2.66. The number of nitro groups is 1. The maximum absolute atomic E-state index is 13.8. The number of nitro benzene ring substituents is 1. The van der Waals surface area contributed by atoms with Crippen molar-refractivity contribution in [1.29, 1.82) is 0 Å². The second kappa shape index (κ2) is 7.93. The number of carbonyl (C=O) groups excluding carboxylic acids is 2. The number of benzene rings is 1. The third-order valence-corrected chi connectivity index (χ3v) is 2.52. The summed E-state index contributed by atoms with van der Waals surface area (Å²) in [6.07, 6.45) is 0.480. The molecule has 0 saturated carbocycles. The minimum absolute atomic E-state index is 0.0197. The summed E-state index contributed by atoms with van der Waals surface area (Å²) in [4.78, 5) is 31.6. The van der Waals surface area contributed by atoms with Gasteiger partial charge in [0.25, 0.3) is 5.69 Å². The highest BCUT2D eigenvalue weighted by Crippen LogP contribution is 2.27. The van der Waals surface area contributed by atoms with Gasteiger partial charge in [-0.05, 0) is 19.4 Å². The van der Waals surface area contributed by atoms with E-state index >= 15 is 0 Å². The molecule has 0 aliphatic rings. The van der Waals surface area contributed by atoms with E-state index in [4.69, 9.17) is 9.47 Å². The molecule has 0 bridgehead atoms. The molecule has 0 aliphatic heterocycles. The normalized spacial score (nSPS) is 10.0. The van der Waals surface area contributed by atoms with Crippen LogP contribution in [0.25, 0.3) is 0 Å². The van der Waals surface area contributed by atoms with Crippen molar-refractivity contribution in [2.24, 2.45) is 0 Å². The van der Waals surface area contributed by atoms with Gasteiger partial charge in [0, 0.05) is 12.5 Å². The van der Waals surface area contributed by atoms with Crippen molar-refractivity contribution in [3.63, 3.8) is 0 Å². The van der Waals surface area contributed by atoms with Crippen LogP contribution in [-0.4, -0.2) is 30.4 Å². The van der Waals surface area contributed by atoms with Crippen LogP contribution in [0.4, 0.5) is 10.1 Å². The minimum atomic E-state index is -1.09. The summed E-state index contributed by atoms with van der Waals surface area (Å²) >= 11 is 0. The maximum atomic E-state index is 13.8. The molecule has 21 heavy (non-hydrogen) atoms. The molecule has 0 atom stereocenters. The van der Waals surface area contributed by atoms with Gasteiger partial charge in [0.1, 0.15) is 5.56 Å².